The van der Waals surface area contributed by atoms with Gasteiger partial charge in [-0.1, -0.05) is 5.16 Å². The summed E-state index contributed by atoms with van der Waals surface area (Å²) in [6.07, 6.45) is 2.56. The van der Waals surface area contributed by atoms with Crippen molar-refractivity contribution in [1.82, 2.24) is 10.5 Å². The number of aromatic nitrogens is 1. The quantitative estimate of drug-likeness (QED) is 0.808. The zero-order valence-electron chi connectivity index (χ0n) is 14.1. The summed E-state index contributed by atoms with van der Waals surface area (Å²) < 4.78 is 5.14. The van der Waals surface area contributed by atoms with E-state index in [-0.39, 0.29) is 12.1 Å². The van der Waals surface area contributed by atoms with E-state index >= 15 is 0 Å². The first-order valence-electron chi connectivity index (χ1n) is 7.52. The Morgan fingerprint density at radius 2 is 2.21 bits per heavy atom. The molecule has 24 heavy (non-hydrogen) atoms. The molecule has 2 aromatic rings. The second kappa shape index (κ2) is 7.88. The lowest BCUT2D eigenvalue weighted by Gasteiger charge is -2.16. The second-order valence-electron chi connectivity index (χ2n) is 5.53. The van der Waals surface area contributed by atoms with Gasteiger partial charge in [0.2, 0.25) is 0 Å². The van der Waals surface area contributed by atoms with Crippen LogP contribution >= 0.6 is 11.8 Å². The molecule has 2 N–H and O–H groups in total. The first kappa shape index (κ1) is 17.9. The molecular formula is C17H20N4O2S. The molecule has 1 atom stereocenters. The molecule has 1 aromatic carbocycles. The van der Waals surface area contributed by atoms with Crippen molar-refractivity contribution >= 4 is 23.5 Å². The number of nitrogens with one attached hydrogen (secondary N) is 2. The summed E-state index contributed by atoms with van der Waals surface area (Å²) >= 11 is 1.51. The summed E-state index contributed by atoms with van der Waals surface area (Å²) in [6, 6.07) is 6.91. The SMILES string of the molecule is CSc1ccc(C#N)cc1NC(=O)N[C@@H](C)Cc1c(C)noc1C. The van der Waals surface area contributed by atoms with Gasteiger partial charge in [-0.25, -0.2) is 4.79 Å². The molecule has 7 heteroatoms. The number of amides is 2. The molecule has 0 fully saturated rings. The van der Waals surface area contributed by atoms with Crippen LogP contribution in [-0.4, -0.2) is 23.5 Å². The van der Waals surface area contributed by atoms with Crippen molar-refractivity contribution in [2.45, 2.75) is 38.1 Å². The number of rotatable bonds is 5. The van der Waals surface area contributed by atoms with Crippen LogP contribution in [0.5, 0.6) is 0 Å². The Morgan fingerprint density at radius 3 is 2.79 bits per heavy atom. The van der Waals surface area contributed by atoms with Gasteiger partial charge < -0.3 is 15.2 Å². The van der Waals surface area contributed by atoms with Crippen molar-refractivity contribution in [1.29, 1.82) is 5.26 Å². The average molecular weight is 344 g/mol. The van der Waals surface area contributed by atoms with Crippen LogP contribution < -0.4 is 10.6 Å². The Labute approximate surface area is 145 Å². The number of nitriles is 1. The molecular weight excluding hydrogens is 324 g/mol. The number of hydrogen-bond acceptors (Lipinski definition) is 5. The highest BCUT2D eigenvalue weighted by Gasteiger charge is 2.15. The minimum absolute atomic E-state index is 0.0846. The van der Waals surface area contributed by atoms with E-state index in [4.69, 9.17) is 9.78 Å². The standard InChI is InChI=1S/C17H20N4O2S/c1-10(7-14-11(2)21-23-12(14)3)19-17(22)20-15-8-13(9-18)5-6-16(15)24-4/h5-6,8,10H,7H2,1-4H3,(H2,19,20,22)/t10-/m0/s1. The third-order valence-electron chi connectivity index (χ3n) is 3.65. The molecule has 1 heterocycles. The van der Waals surface area contributed by atoms with Gasteiger partial charge >= 0.3 is 6.03 Å². The van der Waals surface area contributed by atoms with Crippen LogP contribution in [0, 0.1) is 25.2 Å². The van der Waals surface area contributed by atoms with E-state index in [2.05, 4.69) is 21.9 Å². The predicted octanol–water partition coefficient (Wildman–Crippen LogP) is 3.64. The monoisotopic (exact) mass is 344 g/mol. The highest BCUT2D eigenvalue weighted by molar-refractivity contribution is 7.98. The third kappa shape index (κ3) is 4.30. The van der Waals surface area contributed by atoms with Crippen LogP contribution in [0.2, 0.25) is 0 Å². The molecule has 2 amide bonds. The summed E-state index contributed by atoms with van der Waals surface area (Å²) in [4.78, 5) is 13.1. The largest absolute Gasteiger partial charge is 0.361 e. The molecule has 1 aromatic heterocycles. The van der Waals surface area contributed by atoms with Gasteiger partial charge in [-0.15, -0.1) is 11.8 Å². The van der Waals surface area contributed by atoms with Gasteiger partial charge in [0.25, 0.3) is 0 Å². The molecule has 0 aliphatic rings. The molecule has 6 nitrogen and oxygen atoms in total. The van der Waals surface area contributed by atoms with E-state index < -0.39 is 0 Å². The van der Waals surface area contributed by atoms with Crippen molar-refractivity contribution < 1.29 is 9.32 Å². The minimum atomic E-state index is -0.306. The molecule has 2 rings (SSSR count). The average Bonchev–Trinajstić information content (AvgIpc) is 2.86. The van der Waals surface area contributed by atoms with Crippen molar-refractivity contribution in [3.63, 3.8) is 0 Å². The lowest BCUT2D eigenvalue weighted by atomic mass is 10.1. The summed E-state index contributed by atoms with van der Waals surface area (Å²) in [5.41, 5.74) is 2.99. The van der Waals surface area contributed by atoms with E-state index in [1.807, 2.05) is 33.1 Å². The fraction of sp³-hybridized carbons (Fsp3) is 0.353. The van der Waals surface area contributed by atoms with Gasteiger partial charge in [-0.2, -0.15) is 5.26 Å². The van der Waals surface area contributed by atoms with Gasteiger partial charge in [0, 0.05) is 16.5 Å². The number of aryl methyl sites for hydroxylation is 2. The summed E-state index contributed by atoms with van der Waals surface area (Å²) in [7, 11) is 0. The molecule has 0 spiro atoms. The van der Waals surface area contributed by atoms with Crippen molar-refractivity contribution in [3.05, 3.63) is 40.8 Å². The zero-order valence-corrected chi connectivity index (χ0v) is 15.0. The van der Waals surface area contributed by atoms with Crippen molar-refractivity contribution in [2.24, 2.45) is 0 Å². The third-order valence-corrected chi connectivity index (χ3v) is 4.44. The van der Waals surface area contributed by atoms with Crippen LogP contribution in [0.3, 0.4) is 0 Å². The van der Waals surface area contributed by atoms with Crippen molar-refractivity contribution in [2.75, 3.05) is 11.6 Å². The summed E-state index contributed by atoms with van der Waals surface area (Å²) in [5, 5.41) is 18.6. The molecule has 0 saturated carbocycles. The summed E-state index contributed by atoms with van der Waals surface area (Å²) in [5.74, 6) is 0.771. The van der Waals surface area contributed by atoms with Gasteiger partial charge in [-0.05, 0) is 51.6 Å². The smallest absolute Gasteiger partial charge is 0.319 e. The number of thioether (sulfide) groups is 1. The number of benzene rings is 1. The van der Waals surface area contributed by atoms with Crippen LogP contribution in [0.25, 0.3) is 0 Å². The predicted molar refractivity (Wildman–Crippen MR) is 94.2 cm³/mol. The van der Waals surface area contributed by atoms with Crippen LogP contribution in [-0.2, 0) is 6.42 Å². The number of anilines is 1. The highest BCUT2D eigenvalue weighted by atomic mass is 32.2. The Kier molecular flexibility index (Phi) is 5.88. The fourth-order valence-electron chi connectivity index (χ4n) is 2.41. The van der Waals surface area contributed by atoms with E-state index in [1.54, 1.807) is 12.1 Å². The number of carbonyl (C=O) groups excluding carboxylic acids is 1. The normalized spacial score (nSPS) is 11.6. The minimum Gasteiger partial charge on any atom is -0.361 e. The maximum absolute atomic E-state index is 12.2. The van der Waals surface area contributed by atoms with Crippen LogP contribution in [0.1, 0.15) is 29.5 Å². The first-order valence-corrected chi connectivity index (χ1v) is 8.74. The van der Waals surface area contributed by atoms with Gasteiger partial charge in [0.05, 0.1) is 23.0 Å². The number of nitrogens with zero attached hydrogens (tertiary/aromatic N) is 2. The Morgan fingerprint density at radius 1 is 1.46 bits per heavy atom. The second-order valence-corrected chi connectivity index (χ2v) is 6.38. The molecule has 0 aliphatic heterocycles. The lowest BCUT2D eigenvalue weighted by molar-refractivity contribution is 0.249. The number of urea groups is 1. The molecule has 0 saturated heterocycles. The first-order chi connectivity index (χ1) is 11.4. The highest BCUT2D eigenvalue weighted by Crippen LogP contribution is 2.26. The van der Waals surface area contributed by atoms with Crippen molar-refractivity contribution in [3.8, 4) is 6.07 Å². The zero-order chi connectivity index (χ0) is 17.7. The Bertz CT molecular complexity index is 760. The number of carbonyl (C=O) groups is 1. The lowest BCUT2D eigenvalue weighted by Crippen LogP contribution is -2.37. The van der Waals surface area contributed by atoms with Gasteiger partial charge in [0.1, 0.15) is 5.76 Å². The molecule has 0 aliphatic carbocycles. The Balaban J connectivity index is 2.02. The fourth-order valence-corrected chi connectivity index (χ4v) is 2.94. The van der Waals surface area contributed by atoms with Crippen LogP contribution in [0.4, 0.5) is 10.5 Å². The molecule has 0 bridgehead atoms. The van der Waals surface area contributed by atoms with E-state index in [1.165, 1.54) is 11.8 Å². The van der Waals surface area contributed by atoms with Gasteiger partial charge in [0.15, 0.2) is 0 Å². The van der Waals surface area contributed by atoms with E-state index in [0.717, 1.165) is 21.9 Å². The topological polar surface area (TPSA) is 91.0 Å². The van der Waals surface area contributed by atoms with Crippen LogP contribution in [0.15, 0.2) is 27.6 Å². The number of hydrogen-bond donors (Lipinski definition) is 2. The van der Waals surface area contributed by atoms with E-state index in [9.17, 15) is 4.79 Å². The van der Waals surface area contributed by atoms with E-state index in [0.29, 0.717) is 17.7 Å². The maximum Gasteiger partial charge on any atom is 0.319 e. The molecule has 126 valence electrons. The Hall–Kier alpha value is -2.46. The molecule has 0 unspecified atom stereocenters. The maximum atomic E-state index is 12.2. The summed E-state index contributed by atoms with van der Waals surface area (Å²) in [6.45, 7) is 5.67. The van der Waals surface area contributed by atoms with Gasteiger partial charge in [-0.3, -0.25) is 0 Å². The molecule has 0 radical (unpaired) electrons.